The third kappa shape index (κ3) is 8.56. The van der Waals surface area contributed by atoms with Gasteiger partial charge in [0.15, 0.2) is 5.96 Å². The Kier molecular flexibility index (Phi) is 10.5. The molecule has 0 aromatic heterocycles. The summed E-state index contributed by atoms with van der Waals surface area (Å²) in [5.41, 5.74) is 0. The molecule has 1 aliphatic heterocycles. The van der Waals surface area contributed by atoms with Gasteiger partial charge in [-0.2, -0.15) is 0 Å². The monoisotopic (exact) mass is 353 g/mol. The Morgan fingerprint density at radius 1 is 1.28 bits per heavy atom. The van der Waals surface area contributed by atoms with Gasteiger partial charge in [0.05, 0.1) is 0 Å². The molecule has 0 aliphatic carbocycles. The lowest BCUT2D eigenvalue weighted by molar-refractivity contribution is -0.121. The van der Waals surface area contributed by atoms with Gasteiger partial charge in [0.1, 0.15) is 0 Å². The molecule has 0 radical (unpaired) electrons. The number of aliphatic imine (C=N–C) groups is 1. The van der Waals surface area contributed by atoms with Crippen molar-refractivity contribution < 1.29 is 4.79 Å². The van der Waals surface area contributed by atoms with Crippen molar-refractivity contribution >= 4 is 11.9 Å². The molecule has 1 amide bonds. The van der Waals surface area contributed by atoms with Crippen molar-refractivity contribution in [3.8, 4) is 0 Å². The van der Waals surface area contributed by atoms with E-state index in [1.54, 1.807) is 7.05 Å². The van der Waals surface area contributed by atoms with Crippen LogP contribution >= 0.6 is 0 Å². The van der Waals surface area contributed by atoms with Crippen LogP contribution in [0.5, 0.6) is 0 Å². The summed E-state index contributed by atoms with van der Waals surface area (Å²) >= 11 is 0. The van der Waals surface area contributed by atoms with Gasteiger partial charge < -0.3 is 20.4 Å². The number of likely N-dealkylation sites (tertiary alicyclic amines) is 1. The second-order valence-electron chi connectivity index (χ2n) is 7.32. The molecule has 0 aromatic rings. The van der Waals surface area contributed by atoms with Crippen LogP contribution in [0.3, 0.4) is 0 Å². The lowest BCUT2D eigenvalue weighted by atomic mass is 9.93. The Morgan fingerprint density at radius 3 is 2.52 bits per heavy atom. The smallest absolute Gasteiger partial charge is 0.220 e. The molecule has 0 aromatic carbocycles. The Hall–Kier alpha value is -1.30. The predicted molar refractivity (Wildman–Crippen MR) is 106 cm³/mol. The van der Waals surface area contributed by atoms with Crippen molar-refractivity contribution in [2.75, 3.05) is 46.8 Å². The number of carbonyl (C=O) groups is 1. The summed E-state index contributed by atoms with van der Waals surface area (Å²) in [5, 5.41) is 6.15. The number of unbranched alkanes of at least 4 members (excludes halogenated alkanes) is 1. The molecule has 2 N–H and O–H groups in total. The first-order chi connectivity index (χ1) is 12.0. The number of hydrogen-bond acceptors (Lipinski definition) is 3. The summed E-state index contributed by atoms with van der Waals surface area (Å²) in [6.07, 6.45) is 5.10. The third-order valence-corrected chi connectivity index (χ3v) is 5.06. The SMILES string of the molecule is CCNC(=NCCCCN(C)C(C)C)N1CCC(CC(=O)NC)CC1. The summed E-state index contributed by atoms with van der Waals surface area (Å²) in [4.78, 5) is 21.1. The molecule has 0 saturated carbocycles. The molecule has 1 fully saturated rings. The molecule has 0 bridgehead atoms. The largest absolute Gasteiger partial charge is 0.359 e. The van der Waals surface area contributed by atoms with Crippen molar-refractivity contribution in [3.63, 3.8) is 0 Å². The Morgan fingerprint density at radius 2 is 1.96 bits per heavy atom. The van der Waals surface area contributed by atoms with Gasteiger partial charge >= 0.3 is 0 Å². The van der Waals surface area contributed by atoms with E-state index in [2.05, 4.69) is 48.3 Å². The van der Waals surface area contributed by atoms with Crippen LogP contribution < -0.4 is 10.6 Å². The van der Waals surface area contributed by atoms with Gasteiger partial charge in [0, 0.05) is 45.7 Å². The van der Waals surface area contributed by atoms with Crippen LogP contribution in [0.25, 0.3) is 0 Å². The van der Waals surface area contributed by atoms with E-state index in [1.807, 2.05) is 0 Å². The van der Waals surface area contributed by atoms with E-state index < -0.39 is 0 Å². The highest BCUT2D eigenvalue weighted by molar-refractivity contribution is 5.80. The van der Waals surface area contributed by atoms with Gasteiger partial charge in [-0.05, 0) is 66.0 Å². The molecule has 0 atom stereocenters. The van der Waals surface area contributed by atoms with Crippen LogP contribution in [-0.4, -0.2) is 74.5 Å². The molecule has 146 valence electrons. The maximum atomic E-state index is 11.5. The van der Waals surface area contributed by atoms with Crippen molar-refractivity contribution in [1.29, 1.82) is 0 Å². The lowest BCUT2D eigenvalue weighted by Gasteiger charge is -2.34. The number of guanidine groups is 1. The molecule has 25 heavy (non-hydrogen) atoms. The zero-order valence-electron chi connectivity index (χ0n) is 17.0. The number of rotatable bonds is 9. The first-order valence-electron chi connectivity index (χ1n) is 9.92. The average molecular weight is 354 g/mol. The lowest BCUT2D eigenvalue weighted by Crippen LogP contribution is -2.46. The zero-order valence-corrected chi connectivity index (χ0v) is 17.0. The predicted octanol–water partition coefficient (Wildman–Crippen LogP) is 1.92. The minimum absolute atomic E-state index is 0.158. The van der Waals surface area contributed by atoms with E-state index in [1.165, 1.54) is 6.42 Å². The Bertz CT molecular complexity index is 403. The quantitative estimate of drug-likeness (QED) is 0.378. The minimum Gasteiger partial charge on any atom is -0.359 e. The van der Waals surface area contributed by atoms with Crippen molar-refractivity contribution in [2.45, 2.75) is 58.9 Å². The average Bonchev–Trinajstić information content (AvgIpc) is 2.60. The second kappa shape index (κ2) is 12.1. The van der Waals surface area contributed by atoms with Crippen LogP contribution in [0.1, 0.15) is 52.9 Å². The maximum Gasteiger partial charge on any atom is 0.220 e. The normalized spacial score (nSPS) is 16.6. The zero-order chi connectivity index (χ0) is 18.7. The summed E-state index contributed by atoms with van der Waals surface area (Å²) < 4.78 is 0. The summed E-state index contributed by atoms with van der Waals surface area (Å²) in [6, 6.07) is 0.608. The molecule has 1 heterocycles. The van der Waals surface area contributed by atoms with E-state index in [0.717, 1.165) is 57.9 Å². The molecular weight excluding hydrogens is 314 g/mol. The van der Waals surface area contributed by atoms with Gasteiger partial charge in [-0.25, -0.2) is 0 Å². The van der Waals surface area contributed by atoms with E-state index in [0.29, 0.717) is 18.4 Å². The van der Waals surface area contributed by atoms with Gasteiger partial charge in [0.25, 0.3) is 0 Å². The topological polar surface area (TPSA) is 60.0 Å². The molecule has 6 heteroatoms. The number of piperidine rings is 1. The Labute approximate surface area is 154 Å². The van der Waals surface area contributed by atoms with Crippen LogP contribution in [0.2, 0.25) is 0 Å². The van der Waals surface area contributed by atoms with Crippen LogP contribution in [0.15, 0.2) is 4.99 Å². The third-order valence-electron chi connectivity index (χ3n) is 5.06. The highest BCUT2D eigenvalue weighted by atomic mass is 16.1. The standard InChI is InChI=1S/C19H39N5O/c1-6-21-19(22-11-7-8-12-23(5)16(2)3)24-13-9-17(10-14-24)15-18(25)20-4/h16-17H,6-15H2,1-5H3,(H,20,25)(H,21,22). The van der Waals surface area contributed by atoms with Gasteiger partial charge in [-0.3, -0.25) is 9.79 Å². The van der Waals surface area contributed by atoms with Gasteiger partial charge in [-0.15, -0.1) is 0 Å². The number of nitrogens with one attached hydrogen (secondary N) is 2. The molecule has 0 spiro atoms. The van der Waals surface area contributed by atoms with Crippen LogP contribution in [0.4, 0.5) is 0 Å². The van der Waals surface area contributed by atoms with E-state index in [9.17, 15) is 4.79 Å². The molecule has 0 unspecified atom stereocenters. The van der Waals surface area contributed by atoms with Gasteiger partial charge in [0.2, 0.25) is 5.91 Å². The highest BCUT2D eigenvalue weighted by Crippen LogP contribution is 2.20. The summed E-state index contributed by atoms with van der Waals surface area (Å²) in [6.45, 7) is 11.5. The minimum atomic E-state index is 0.158. The van der Waals surface area contributed by atoms with Gasteiger partial charge in [-0.1, -0.05) is 0 Å². The fourth-order valence-corrected chi connectivity index (χ4v) is 3.06. The highest BCUT2D eigenvalue weighted by Gasteiger charge is 2.22. The summed E-state index contributed by atoms with van der Waals surface area (Å²) in [5.74, 6) is 1.70. The van der Waals surface area contributed by atoms with Crippen LogP contribution in [-0.2, 0) is 4.79 Å². The first kappa shape index (κ1) is 21.7. The van der Waals surface area contributed by atoms with Crippen molar-refractivity contribution in [3.05, 3.63) is 0 Å². The number of hydrogen-bond donors (Lipinski definition) is 2. The molecular formula is C19H39N5O. The fraction of sp³-hybridized carbons (Fsp3) is 0.895. The fourth-order valence-electron chi connectivity index (χ4n) is 3.06. The van der Waals surface area contributed by atoms with E-state index >= 15 is 0 Å². The van der Waals surface area contributed by atoms with Crippen molar-refractivity contribution in [1.82, 2.24) is 20.4 Å². The Balaban J connectivity index is 2.37. The first-order valence-corrected chi connectivity index (χ1v) is 9.92. The number of amides is 1. The number of carbonyl (C=O) groups excluding carboxylic acids is 1. The molecule has 1 aliphatic rings. The van der Waals surface area contributed by atoms with E-state index in [4.69, 9.17) is 4.99 Å². The summed E-state index contributed by atoms with van der Waals surface area (Å²) in [7, 11) is 3.90. The molecule has 1 saturated heterocycles. The van der Waals surface area contributed by atoms with E-state index in [-0.39, 0.29) is 5.91 Å². The van der Waals surface area contributed by atoms with Crippen LogP contribution in [0, 0.1) is 5.92 Å². The molecule has 6 nitrogen and oxygen atoms in total. The second-order valence-corrected chi connectivity index (χ2v) is 7.32. The maximum absolute atomic E-state index is 11.5. The molecule has 1 rings (SSSR count). The number of nitrogens with zero attached hydrogens (tertiary/aromatic N) is 3. The van der Waals surface area contributed by atoms with Crippen molar-refractivity contribution in [2.24, 2.45) is 10.9 Å².